The normalized spacial score (nSPS) is 19.3. The van der Waals surface area contributed by atoms with Gasteiger partial charge in [-0.05, 0) is 73.6 Å². The van der Waals surface area contributed by atoms with E-state index in [2.05, 4.69) is 4.98 Å². The molecule has 2 aliphatic rings. The lowest BCUT2D eigenvalue weighted by Crippen LogP contribution is -2.42. The van der Waals surface area contributed by atoms with Gasteiger partial charge in [0.25, 0.3) is 0 Å². The third-order valence-corrected chi connectivity index (χ3v) is 6.98. The van der Waals surface area contributed by atoms with Crippen LogP contribution in [0.4, 0.5) is 4.79 Å². The van der Waals surface area contributed by atoms with E-state index in [4.69, 9.17) is 26.2 Å². The highest BCUT2D eigenvalue weighted by Crippen LogP contribution is 2.40. The van der Waals surface area contributed by atoms with E-state index in [-0.39, 0.29) is 31.5 Å². The summed E-state index contributed by atoms with van der Waals surface area (Å²) in [5, 5.41) is 20.3. The van der Waals surface area contributed by atoms with Crippen molar-refractivity contribution in [3.63, 3.8) is 0 Å². The Morgan fingerprint density at radius 1 is 1.18 bits per heavy atom. The van der Waals surface area contributed by atoms with Crippen molar-refractivity contribution in [1.29, 1.82) is 0 Å². The summed E-state index contributed by atoms with van der Waals surface area (Å²) in [6.07, 6.45) is 3.53. The second kappa shape index (κ2) is 9.86. The first kappa shape index (κ1) is 23.0. The number of nitrogens with one attached hydrogen (secondary N) is 1. The van der Waals surface area contributed by atoms with Gasteiger partial charge in [-0.25, -0.2) is 4.79 Å². The van der Waals surface area contributed by atoms with Gasteiger partial charge in [0.1, 0.15) is 30.6 Å². The van der Waals surface area contributed by atoms with E-state index in [1.165, 1.54) is 5.56 Å². The molecule has 0 bridgehead atoms. The molecule has 5 rings (SSSR count). The van der Waals surface area contributed by atoms with Crippen LogP contribution >= 0.6 is 11.6 Å². The van der Waals surface area contributed by atoms with Crippen molar-refractivity contribution in [2.45, 2.75) is 50.4 Å². The summed E-state index contributed by atoms with van der Waals surface area (Å²) in [4.78, 5) is 18.6. The molecular formula is C26H29ClN2O5. The van der Waals surface area contributed by atoms with Crippen molar-refractivity contribution in [3.8, 4) is 5.75 Å². The van der Waals surface area contributed by atoms with Crippen LogP contribution in [0.3, 0.4) is 0 Å². The molecule has 1 aromatic heterocycles. The first-order valence-electron chi connectivity index (χ1n) is 11.8. The predicted molar refractivity (Wildman–Crippen MR) is 129 cm³/mol. The van der Waals surface area contributed by atoms with E-state index in [0.29, 0.717) is 23.7 Å². The largest absolute Gasteiger partial charge is 0.491 e. The number of H-pyrrole nitrogens is 1. The number of carbonyl (C=O) groups excluding carboxylic acids is 1. The van der Waals surface area contributed by atoms with E-state index in [0.717, 1.165) is 47.8 Å². The number of nitrogens with zero attached hydrogens (tertiary/aromatic N) is 1. The van der Waals surface area contributed by atoms with Gasteiger partial charge in [0, 0.05) is 28.2 Å². The van der Waals surface area contributed by atoms with Gasteiger partial charge in [-0.1, -0.05) is 23.7 Å². The number of carbonyl (C=O) groups is 1. The molecule has 34 heavy (non-hydrogen) atoms. The number of aromatic nitrogens is 1. The molecule has 180 valence electrons. The molecule has 3 N–H and O–H groups in total. The minimum absolute atomic E-state index is 0.00599. The molecule has 2 atom stereocenters. The molecule has 2 unspecified atom stereocenters. The molecule has 1 aliphatic carbocycles. The molecular weight excluding hydrogens is 456 g/mol. The Bertz CT molecular complexity index is 1160. The van der Waals surface area contributed by atoms with Crippen molar-refractivity contribution in [1.82, 2.24) is 9.88 Å². The molecule has 1 aliphatic heterocycles. The summed E-state index contributed by atoms with van der Waals surface area (Å²) in [5.74, 6) is 0.579. The molecule has 3 aromatic rings. The van der Waals surface area contributed by atoms with E-state index < -0.39 is 6.10 Å². The first-order chi connectivity index (χ1) is 16.5. The standard InChI is InChI=1S/C26H29ClN2O5/c27-17-7-10-23-22(13-17)21-11-12-29(26(32)34-20-3-1-2-4-20)25(24(21)28-23)16-5-8-19(9-6-16)33-15-18(31)14-30/h5-10,13,18,20,25,28,30-31H,1-4,11-12,14-15H2. The molecule has 1 amide bonds. The van der Waals surface area contributed by atoms with Crippen LogP contribution in [0.25, 0.3) is 10.9 Å². The summed E-state index contributed by atoms with van der Waals surface area (Å²) in [6, 6.07) is 12.9. The second-order valence-electron chi connectivity index (χ2n) is 9.06. The van der Waals surface area contributed by atoms with Crippen molar-refractivity contribution >= 4 is 28.6 Å². The smallest absolute Gasteiger partial charge is 0.410 e. The highest BCUT2D eigenvalue weighted by Gasteiger charge is 2.36. The Morgan fingerprint density at radius 3 is 2.68 bits per heavy atom. The lowest BCUT2D eigenvalue weighted by atomic mass is 9.92. The topological polar surface area (TPSA) is 95.0 Å². The van der Waals surface area contributed by atoms with Gasteiger partial charge in [-0.2, -0.15) is 0 Å². The SMILES string of the molecule is O=C(OC1CCCC1)N1CCc2c([nH]c3ccc(Cl)cc23)C1c1ccc(OCC(O)CO)cc1. The molecule has 1 fully saturated rings. The van der Waals surface area contributed by atoms with E-state index in [1.54, 1.807) is 0 Å². The van der Waals surface area contributed by atoms with Crippen LogP contribution in [-0.2, 0) is 11.2 Å². The molecule has 2 heterocycles. The maximum atomic E-state index is 13.3. The zero-order valence-electron chi connectivity index (χ0n) is 18.9. The maximum Gasteiger partial charge on any atom is 0.410 e. The first-order valence-corrected chi connectivity index (χ1v) is 12.2. The monoisotopic (exact) mass is 484 g/mol. The average Bonchev–Trinajstić information content (AvgIpc) is 3.49. The number of benzene rings is 2. The van der Waals surface area contributed by atoms with Crippen LogP contribution in [0.15, 0.2) is 42.5 Å². The van der Waals surface area contributed by atoms with Gasteiger partial charge >= 0.3 is 6.09 Å². The van der Waals surface area contributed by atoms with Crippen LogP contribution < -0.4 is 4.74 Å². The van der Waals surface area contributed by atoms with Crippen molar-refractivity contribution in [2.24, 2.45) is 0 Å². The third-order valence-electron chi connectivity index (χ3n) is 6.74. The Hall–Kier alpha value is -2.74. The van der Waals surface area contributed by atoms with Crippen LogP contribution in [0, 0.1) is 0 Å². The summed E-state index contributed by atoms with van der Waals surface area (Å²) in [5.41, 5.74) is 4.05. The lowest BCUT2D eigenvalue weighted by molar-refractivity contribution is 0.0533. The molecule has 2 aromatic carbocycles. The zero-order valence-corrected chi connectivity index (χ0v) is 19.6. The van der Waals surface area contributed by atoms with Gasteiger partial charge in [0.05, 0.1) is 6.61 Å². The van der Waals surface area contributed by atoms with E-state index >= 15 is 0 Å². The molecule has 0 radical (unpaired) electrons. The number of fused-ring (bicyclic) bond motifs is 3. The van der Waals surface area contributed by atoms with Crippen molar-refractivity contribution in [2.75, 3.05) is 19.8 Å². The Kier molecular flexibility index (Phi) is 6.68. The molecule has 1 saturated carbocycles. The summed E-state index contributed by atoms with van der Waals surface area (Å²) < 4.78 is 11.4. The van der Waals surface area contributed by atoms with Gasteiger partial charge < -0.3 is 24.7 Å². The number of rotatable bonds is 6. The fraction of sp³-hybridized carbons (Fsp3) is 0.423. The highest BCUT2D eigenvalue weighted by molar-refractivity contribution is 6.31. The quantitative estimate of drug-likeness (QED) is 0.476. The van der Waals surface area contributed by atoms with Gasteiger partial charge in [0.2, 0.25) is 0 Å². The van der Waals surface area contributed by atoms with Crippen LogP contribution in [0.5, 0.6) is 5.75 Å². The summed E-state index contributed by atoms with van der Waals surface area (Å²) >= 11 is 6.28. The van der Waals surface area contributed by atoms with Crippen LogP contribution in [0.1, 0.15) is 48.5 Å². The van der Waals surface area contributed by atoms with Crippen LogP contribution in [0.2, 0.25) is 5.02 Å². The number of aliphatic hydroxyl groups excluding tert-OH is 2. The Balaban J connectivity index is 1.48. The number of amides is 1. The molecule has 0 spiro atoms. The number of aromatic amines is 1. The van der Waals surface area contributed by atoms with Crippen molar-refractivity contribution in [3.05, 3.63) is 64.3 Å². The van der Waals surface area contributed by atoms with E-state index in [1.807, 2.05) is 47.4 Å². The molecule has 7 nitrogen and oxygen atoms in total. The maximum absolute atomic E-state index is 13.3. The predicted octanol–water partition coefficient (Wildman–Crippen LogP) is 4.58. The molecule has 0 saturated heterocycles. The number of aliphatic hydroxyl groups is 2. The molecule has 8 heteroatoms. The van der Waals surface area contributed by atoms with Gasteiger partial charge in [-0.3, -0.25) is 4.90 Å². The Labute approximate surface area is 203 Å². The minimum atomic E-state index is -0.931. The van der Waals surface area contributed by atoms with Crippen LogP contribution in [-0.4, -0.2) is 58.2 Å². The fourth-order valence-corrected chi connectivity index (χ4v) is 5.18. The zero-order chi connectivity index (χ0) is 23.7. The minimum Gasteiger partial charge on any atom is -0.491 e. The number of hydrogen-bond acceptors (Lipinski definition) is 5. The van der Waals surface area contributed by atoms with E-state index in [9.17, 15) is 9.90 Å². The van der Waals surface area contributed by atoms with Gasteiger partial charge in [0.15, 0.2) is 0 Å². The van der Waals surface area contributed by atoms with Gasteiger partial charge in [-0.15, -0.1) is 0 Å². The Morgan fingerprint density at radius 2 is 1.94 bits per heavy atom. The number of ether oxygens (including phenoxy) is 2. The number of hydrogen-bond donors (Lipinski definition) is 3. The van der Waals surface area contributed by atoms with Crippen molar-refractivity contribution < 1.29 is 24.5 Å². The fourth-order valence-electron chi connectivity index (χ4n) is 5.01. The highest BCUT2D eigenvalue weighted by atomic mass is 35.5. The average molecular weight is 485 g/mol. The summed E-state index contributed by atoms with van der Waals surface area (Å²) in [7, 11) is 0. The lowest BCUT2D eigenvalue weighted by Gasteiger charge is -2.36. The summed E-state index contributed by atoms with van der Waals surface area (Å²) in [6.45, 7) is 0.196. The third kappa shape index (κ3) is 4.60. The second-order valence-corrected chi connectivity index (χ2v) is 9.50. The number of halogens is 1.